The number of para-hydroxylation sites is 1. The molecule has 1 aromatic heterocycles. The van der Waals surface area contributed by atoms with Crippen LogP contribution >= 0.6 is 11.6 Å². The molecule has 4 rings (SSSR count). The van der Waals surface area contributed by atoms with E-state index in [0.29, 0.717) is 22.2 Å². The molecule has 1 aliphatic rings. The number of carbonyl (C=O) groups is 2. The highest BCUT2D eigenvalue weighted by molar-refractivity contribution is 7.89. The summed E-state index contributed by atoms with van der Waals surface area (Å²) in [5.74, 6) is -1.79. The van der Waals surface area contributed by atoms with Crippen molar-refractivity contribution in [3.05, 3.63) is 53.1 Å². The summed E-state index contributed by atoms with van der Waals surface area (Å²) in [6.07, 6.45) is 4.73. The maximum Gasteiger partial charge on any atom is 0.379 e. The molecule has 3 aromatic rings. The quantitative estimate of drug-likeness (QED) is 0.312. The Hall–Kier alpha value is -2.68. The van der Waals surface area contributed by atoms with Crippen LogP contribution in [0.4, 0.5) is 0 Å². The number of aromatic amines is 1. The number of hydrogen-bond acceptors (Lipinski definition) is 5. The summed E-state index contributed by atoms with van der Waals surface area (Å²) in [4.78, 5) is 27.8. The van der Waals surface area contributed by atoms with Crippen molar-refractivity contribution < 1.29 is 22.7 Å². The van der Waals surface area contributed by atoms with Crippen LogP contribution in [0.2, 0.25) is 5.02 Å². The maximum absolute atomic E-state index is 12.9. The topological polar surface area (TPSA) is 105 Å². The third kappa shape index (κ3) is 4.30. The lowest BCUT2D eigenvalue weighted by molar-refractivity contribution is -0.135. The van der Waals surface area contributed by atoms with Crippen molar-refractivity contribution in [1.82, 2.24) is 9.71 Å². The van der Waals surface area contributed by atoms with Gasteiger partial charge >= 0.3 is 5.97 Å². The number of sulfonamides is 1. The molecule has 9 heteroatoms. The van der Waals surface area contributed by atoms with E-state index >= 15 is 0 Å². The zero-order chi connectivity index (χ0) is 22.9. The Morgan fingerprint density at radius 2 is 1.81 bits per heavy atom. The second kappa shape index (κ2) is 9.05. The minimum atomic E-state index is -3.79. The standard InChI is InChI=1S/C23H23ClN2O5S/c1-31-23(28)22(27)20-16-9-5-6-10-18(16)25-21(20)14-11-12-19(17(24)13-14)32(29,30)26-15-7-3-2-4-8-15/h5-6,9-13,15,25-26H,2-4,7-8H2,1H3. The number of fused-ring (bicyclic) bond motifs is 1. The molecule has 0 amide bonds. The Balaban J connectivity index is 1.75. The number of aromatic nitrogens is 1. The number of esters is 1. The SMILES string of the molecule is COC(=O)C(=O)c1c(-c2ccc(S(=O)(=O)NC3CCCCC3)c(Cl)c2)[nH]c2ccccc12. The van der Waals surface area contributed by atoms with Crippen LogP contribution in [0.25, 0.3) is 22.2 Å². The summed E-state index contributed by atoms with van der Waals surface area (Å²) in [5.41, 5.74) is 1.66. The number of halogens is 1. The summed E-state index contributed by atoms with van der Waals surface area (Å²) in [7, 11) is -2.65. The van der Waals surface area contributed by atoms with E-state index in [1.807, 2.05) is 0 Å². The van der Waals surface area contributed by atoms with Crippen LogP contribution in [0.3, 0.4) is 0 Å². The molecule has 0 radical (unpaired) electrons. The Morgan fingerprint density at radius 3 is 2.50 bits per heavy atom. The fourth-order valence-corrected chi connectivity index (χ4v) is 6.02. The van der Waals surface area contributed by atoms with Crippen LogP contribution in [0.5, 0.6) is 0 Å². The van der Waals surface area contributed by atoms with Gasteiger partial charge in [-0.3, -0.25) is 4.79 Å². The zero-order valence-corrected chi connectivity index (χ0v) is 19.1. The Kier molecular flexibility index (Phi) is 6.37. The first-order valence-electron chi connectivity index (χ1n) is 10.4. The van der Waals surface area contributed by atoms with Gasteiger partial charge in [0.25, 0.3) is 5.78 Å². The zero-order valence-electron chi connectivity index (χ0n) is 17.5. The number of rotatable bonds is 6. The monoisotopic (exact) mass is 474 g/mol. The van der Waals surface area contributed by atoms with Crippen molar-refractivity contribution in [2.75, 3.05) is 7.11 Å². The third-order valence-electron chi connectivity index (χ3n) is 5.74. The number of Topliss-reactive ketones (excluding diaryl/α,β-unsaturated/α-hetero) is 1. The number of nitrogens with one attached hydrogen (secondary N) is 2. The maximum atomic E-state index is 12.9. The lowest BCUT2D eigenvalue weighted by Gasteiger charge is -2.23. The van der Waals surface area contributed by atoms with Gasteiger partial charge in [0.15, 0.2) is 0 Å². The van der Waals surface area contributed by atoms with E-state index < -0.39 is 21.8 Å². The van der Waals surface area contributed by atoms with E-state index in [1.54, 1.807) is 30.3 Å². The second-order valence-electron chi connectivity index (χ2n) is 7.84. The highest BCUT2D eigenvalue weighted by Crippen LogP contribution is 2.34. The van der Waals surface area contributed by atoms with E-state index in [9.17, 15) is 18.0 Å². The number of ketones is 1. The van der Waals surface area contributed by atoms with Crippen molar-refractivity contribution in [1.29, 1.82) is 0 Å². The molecule has 1 aliphatic carbocycles. The Labute approximate surface area is 191 Å². The first-order chi connectivity index (χ1) is 15.3. The molecule has 0 spiro atoms. The van der Waals surface area contributed by atoms with Gasteiger partial charge in [-0.15, -0.1) is 0 Å². The predicted octanol–water partition coefficient (Wildman–Crippen LogP) is 4.46. The molecule has 1 fully saturated rings. The van der Waals surface area contributed by atoms with Crippen molar-refractivity contribution in [3.8, 4) is 11.3 Å². The largest absolute Gasteiger partial charge is 0.463 e. The van der Waals surface area contributed by atoms with Crippen LogP contribution in [0.15, 0.2) is 47.4 Å². The average molecular weight is 475 g/mol. The molecule has 1 heterocycles. The van der Waals surface area contributed by atoms with E-state index in [2.05, 4.69) is 14.4 Å². The minimum absolute atomic E-state index is 0.0227. The van der Waals surface area contributed by atoms with Gasteiger partial charge in [0.2, 0.25) is 10.0 Å². The molecule has 0 saturated heterocycles. The van der Waals surface area contributed by atoms with Gasteiger partial charge < -0.3 is 9.72 Å². The lowest BCUT2D eigenvalue weighted by atomic mass is 9.96. The first-order valence-corrected chi connectivity index (χ1v) is 12.2. The molecule has 2 N–H and O–H groups in total. The van der Waals surface area contributed by atoms with Gasteiger partial charge in [-0.1, -0.05) is 55.1 Å². The molecular formula is C23H23ClN2O5S. The van der Waals surface area contributed by atoms with E-state index in [1.165, 1.54) is 12.1 Å². The van der Waals surface area contributed by atoms with E-state index in [4.69, 9.17) is 11.6 Å². The molecule has 0 aliphatic heterocycles. The minimum Gasteiger partial charge on any atom is -0.463 e. The normalized spacial score (nSPS) is 15.1. The molecule has 7 nitrogen and oxygen atoms in total. The summed E-state index contributed by atoms with van der Waals surface area (Å²) in [6.45, 7) is 0. The molecule has 0 atom stereocenters. The fraction of sp³-hybridized carbons (Fsp3) is 0.304. The van der Waals surface area contributed by atoms with Gasteiger partial charge in [0.1, 0.15) is 4.90 Å². The van der Waals surface area contributed by atoms with Crippen molar-refractivity contribution >= 4 is 44.3 Å². The van der Waals surface area contributed by atoms with Gasteiger partial charge in [0, 0.05) is 22.5 Å². The number of benzene rings is 2. The average Bonchev–Trinajstić information content (AvgIpc) is 3.17. The van der Waals surface area contributed by atoms with Crippen LogP contribution in [-0.2, 0) is 19.6 Å². The molecule has 32 heavy (non-hydrogen) atoms. The summed E-state index contributed by atoms with van der Waals surface area (Å²) in [5, 5.41) is 0.589. The number of methoxy groups -OCH3 is 1. The van der Waals surface area contributed by atoms with Crippen molar-refractivity contribution in [2.45, 2.75) is 43.0 Å². The highest BCUT2D eigenvalue weighted by Gasteiger charge is 2.28. The summed E-state index contributed by atoms with van der Waals surface area (Å²) >= 11 is 6.39. The molecule has 0 bridgehead atoms. The van der Waals surface area contributed by atoms with Crippen molar-refractivity contribution in [3.63, 3.8) is 0 Å². The molecular weight excluding hydrogens is 452 g/mol. The number of H-pyrrole nitrogens is 1. The first kappa shape index (κ1) is 22.5. The fourth-order valence-electron chi connectivity index (χ4n) is 4.17. The highest BCUT2D eigenvalue weighted by atomic mass is 35.5. The van der Waals surface area contributed by atoms with Crippen LogP contribution in [0.1, 0.15) is 42.5 Å². The van der Waals surface area contributed by atoms with Gasteiger partial charge in [0.05, 0.1) is 23.4 Å². The molecule has 1 saturated carbocycles. The van der Waals surface area contributed by atoms with E-state index in [-0.39, 0.29) is 21.5 Å². The van der Waals surface area contributed by atoms with Crippen LogP contribution in [0, 0.1) is 0 Å². The summed E-state index contributed by atoms with van der Waals surface area (Å²) < 4.78 is 33.2. The smallest absolute Gasteiger partial charge is 0.379 e. The lowest BCUT2D eigenvalue weighted by Crippen LogP contribution is -2.36. The molecule has 2 aromatic carbocycles. The van der Waals surface area contributed by atoms with E-state index in [0.717, 1.165) is 39.2 Å². The van der Waals surface area contributed by atoms with Crippen LogP contribution in [-0.4, -0.2) is 38.3 Å². The van der Waals surface area contributed by atoms with Gasteiger partial charge in [-0.25, -0.2) is 17.9 Å². The van der Waals surface area contributed by atoms with Crippen LogP contribution < -0.4 is 4.72 Å². The van der Waals surface area contributed by atoms with Gasteiger partial charge in [-0.05, 0) is 31.0 Å². The molecule has 168 valence electrons. The Bertz CT molecular complexity index is 1290. The van der Waals surface area contributed by atoms with Gasteiger partial charge in [-0.2, -0.15) is 0 Å². The third-order valence-corrected chi connectivity index (χ3v) is 7.74. The van der Waals surface area contributed by atoms with Crippen molar-refractivity contribution in [2.24, 2.45) is 0 Å². The predicted molar refractivity (Wildman–Crippen MR) is 122 cm³/mol. The Morgan fingerprint density at radius 1 is 1.09 bits per heavy atom. The number of hydrogen-bond donors (Lipinski definition) is 2. The number of ether oxygens (including phenoxy) is 1. The second-order valence-corrected chi connectivity index (χ2v) is 9.93. The number of carbonyl (C=O) groups excluding carboxylic acids is 2. The molecule has 0 unspecified atom stereocenters. The summed E-state index contributed by atoms with van der Waals surface area (Å²) in [6, 6.07) is 11.4.